The second-order valence-corrected chi connectivity index (χ2v) is 3.83. The van der Waals surface area contributed by atoms with Crippen molar-refractivity contribution in [3.05, 3.63) is 53.2 Å². The van der Waals surface area contributed by atoms with Gasteiger partial charge >= 0.3 is 0 Å². The first-order valence-corrected chi connectivity index (χ1v) is 5.77. The van der Waals surface area contributed by atoms with Crippen LogP contribution in [0.2, 0.25) is 0 Å². The van der Waals surface area contributed by atoms with Crippen molar-refractivity contribution in [3.63, 3.8) is 0 Å². The van der Waals surface area contributed by atoms with Crippen LogP contribution in [0.15, 0.2) is 35.0 Å². The Hall–Kier alpha value is -2.65. The molecule has 0 atom stereocenters. The van der Waals surface area contributed by atoms with Gasteiger partial charge in [-0.2, -0.15) is 0 Å². The standard InChI is InChI=1S/C14H11FN2O3/c15-12-4-3-10(2-1-7-18)8-11(12)9-16-14(19)13-5-6-17-20-13/h3-6,8,18H,7,9H2,(H,16,19). The third kappa shape index (κ3) is 3.43. The van der Waals surface area contributed by atoms with Crippen LogP contribution in [0.1, 0.15) is 21.7 Å². The molecule has 5 nitrogen and oxygen atoms in total. The number of hydrogen-bond donors (Lipinski definition) is 2. The van der Waals surface area contributed by atoms with Gasteiger partial charge in [0, 0.05) is 23.7 Å². The number of benzene rings is 1. The average molecular weight is 274 g/mol. The van der Waals surface area contributed by atoms with Crippen LogP contribution in [0.4, 0.5) is 4.39 Å². The van der Waals surface area contributed by atoms with Gasteiger partial charge in [-0.3, -0.25) is 4.79 Å². The predicted molar refractivity (Wildman–Crippen MR) is 68.0 cm³/mol. The zero-order chi connectivity index (χ0) is 14.4. The average Bonchev–Trinajstić information content (AvgIpc) is 2.99. The van der Waals surface area contributed by atoms with Crippen molar-refractivity contribution in [2.45, 2.75) is 6.54 Å². The quantitative estimate of drug-likeness (QED) is 0.821. The molecule has 0 radical (unpaired) electrons. The number of nitrogens with zero attached hydrogens (tertiary/aromatic N) is 1. The topological polar surface area (TPSA) is 75.4 Å². The third-order valence-corrected chi connectivity index (χ3v) is 2.46. The van der Waals surface area contributed by atoms with Crippen molar-refractivity contribution in [2.24, 2.45) is 0 Å². The van der Waals surface area contributed by atoms with E-state index in [0.717, 1.165) is 0 Å². The van der Waals surface area contributed by atoms with Crippen molar-refractivity contribution in [1.82, 2.24) is 10.5 Å². The first-order valence-electron chi connectivity index (χ1n) is 5.77. The van der Waals surface area contributed by atoms with Crippen LogP contribution >= 0.6 is 0 Å². The summed E-state index contributed by atoms with van der Waals surface area (Å²) in [5.74, 6) is 4.27. The Bertz CT molecular complexity index is 657. The summed E-state index contributed by atoms with van der Waals surface area (Å²) in [6.07, 6.45) is 1.35. The summed E-state index contributed by atoms with van der Waals surface area (Å²) >= 11 is 0. The van der Waals surface area contributed by atoms with Gasteiger partial charge in [0.2, 0.25) is 5.76 Å². The molecule has 0 spiro atoms. The second kappa shape index (κ2) is 6.50. The van der Waals surface area contributed by atoms with Gasteiger partial charge in [-0.25, -0.2) is 4.39 Å². The maximum absolute atomic E-state index is 13.6. The molecule has 0 aliphatic rings. The van der Waals surface area contributed by atoms with Crippen LogP contribution in [0.3, 0.4) is 0 Å². The van der Waals surface area contributed by atoms with E-state index in [0.29, 0.717) is 11.1 Å². The molecule has 6 heteroatoms. The van der Waals surface area contributed by atoms with Gasteiger partial charge in [-0.05, 0) is 18.2 Å². The molecule has 0 saturated carbocycles. The molecular formula is C14H11FN2O3. The number of carbonyl (C=O) groups is 1. The Morgan fingerprint density at radius 1 is 1.45 bits per heavy atom. The number of amides is 1. The highest BCUT2D eigenvalue weighted by molar-refractivity contribution is 5.91. The number of carbonyl (C=O) groups excluding carboxylic acids is 1. The van der Waals surface area contributed by atoms with Gasteiger partial charge in [-0.15, -0.1) is 0 Å². The Kier molecular flexibility index (Phi) is 4.47. The largest absolute Gasteiger partial charge is 0.384 e. The van der Waals surface area contributed by atoms with E-state index in [1.807, 2.05) is 0 Å². The summed E-state index contributed by atoms with van der Waals surface area (Å²) < 4.78 is 18.3. The van der Waals surface area contributed by atoms with Crippen LogP contribution in [-0.2, 0) is 6.54 Å². The lowest BCUT2D eigenvalue weighted by Crippen LogP contribution is -2.22. The van der Waals surface area contributed by atoms with Gasteiger partial charge in [0.15, 0.2) is 0 Å². The van der Waals surface area contributed by atoms with Gasteiger partial charge in [-0.1, -0.05) is 17.0 Å². The molecule has 2 aromatic rings. The smallest absolute Gasteiger partial charge is 0.290 e. The Labute approximate surface area is 114 Å². The second-order valence-electron chi connectivity index (χ2n) is 3.83. The minimum Gasteiger partial charge on any atom is -0.384 e. The summed E-state index contributed by atoms with van der Waals surface area (Å²) in [5, 5.41) is 14.5. The van der Waals surface area contributed by atoms with Crippen molar-refractivity contribution in [2.75, 3.05) is 6.61 Å². The van der Waals surface area contributed by atoms with E-state index >= 15 is 0 Å². The van der Waals surface area contributed by atoms with E-state index in [9.17, 15) is 9.18 Å². The van der Waals surface area contributed by atoms with E-state index in [4.69, 9.17) is 5.11 Å². The molecular weight excluding hydrogens is 263 g/mol. The molecule has 2 rings (SSSR count). The highest BCUT2D eigenvalue weighted by Gasteiger charge is 2.10. The summed E-state index contributed by atoms with van der Waals surface area (Å²) in [6, 6.07) is 5.69. The van der Waals surface area contributed by atoms with Gasteiger partial charge in [0.1, 0.15) is 12.4 Å². The van der Waals surface area contributed by atoms with Crippen LogP contribution < -0.4 is 5.32 Å². The number of rotatable bonds is 3. The first-order chi connectivity index (χ1) is 9.70. The van der Waals surface area contributed by atoms with Gasteiger partial charge in [0.05, 0.1) is 6.20 Å². The lowest BCUT2D eigenvalue weighted by atomic mass is 10.1. The van der Waals surface area contributed by atoms with Crippen molar-refractivity contribution >= 4 is 5.91 Å². The van der Waals surface area contributed by atoms with Crippen LogP contribution in [0, 0.1) is 17.7 Å². The fourth-order valence-corrected chi connectivity index (χ4v) is 1.53. The van der Waals surface area contributed by atoms with Crippen molar-refractivity contribution < 1.29 is 18.8 Å². The summed E-state index contributed by atoms with van der Waals surface area (Å²) in [4.78, 5) is 11.6. The number of nitrogens with one attached hydrogen (secondary N) is 1. The zero-order valence-corrected chi connectivity index (χ0v) is 10.4. The maximum Gasteiger partial charge on any atom is 0.290 e. The summed E-state index contributed by atoms with van der Waals surface area (Å²) in [6.45, 7) is -0.269. The highest BCUT2D eigenvalue weighted by atomic mass is 19.1. The highest BCUT2D eigenvalue weighted by Crippen LogP contribution is 2.10. The fraction of sp³-hybridized carbons (Fsp3) is 0.143. The monoisotopic (exact) mass is 274 g/mol. The maximum atomic E-state index is 13.6. The lowest BCUT2D eigenvalue weighted by molar-refractivity contribution is 0.0913. The molecule has 0 aliphatic carbocycles. The molecule has 0 bridgehead atoms. The van der Waals surface area contributed by atoms with E-state index in [1.165, 1.54) is 30.5 Å². The number of aliphatic hydroxyl groups is 1. The number of halogens is 1. The Balaban J connectivity index is 2.07. The first kappa shape index (κ1) is 13.8. The van der Waals surface area contributed by atoms with Gasteiger partial charge < -0.3 is 14.9 Å². The third-order valence-electron chi connectivity index (χ3n) is 2.46. The number of aromatic nitrogens is 1. The number of hydrogen-bond acceptors (Lipinski definition) is 4. The van der Waals surface area contributed by atoms with Gasteiger partial charge in [0.25, 0.3) is 5.91 Å². The Morgan fingerprint density at radius 2 is 2.30 bits per heavy atom. The lowest BCUT2D eigenvalue weighted by Gasteiger charge is -2.05. The molecule has 1 aromatic heterocycles. The molecule has 1 amide bonds. The van der Waals surface area contributed by atoms with E-state index in [-0.39, 0.29) is 18.9 Å². The van der Waals surface area contributed by atoms with E-state index < -0.39 is 11.7 Å². The summed E-state index contributed by atoms with van der Waals surface area (Å²) in [5.41, 5.74) is 0.854. The SMILES string of the molecule is O=C(NCc1cc(C#CCO)ccc1F)c1ccno1. The molecule has 0 unspecified atom stereocenters. The van der Waals surface area contributed by atoms with E-state index in [1.54, 1.807) is 0 Å². The molecule has 2 N–H and O–H groups in total. The Morgan fingerprint density at radius 3 is 3.00 bits per heavy atom. The minimum atomic E-state index is -0.478. The van der Waals surface area contributed by atoms with Crippen LogP contribution in [0.25, 0.3) is 0 Å². The van der Waals surface area contributed by atoms with Crippen molar-refractivity contribution in [3.8, 4) is 11.8 Å². The van der Waals surface area contributed by atoms with E-state index in [2.05, 4.69) is 26.8 Å². The normalized spacial score (nSPS) is 9.70. The molecule has 0 saturated heterocycles. The fourth-order valence-electron chi connectivity index (χ4n) is 1.53. The van der Waals surface area contributed by atoms with Crippen LogP contribution in [0.5, 0.6) is 0 Å². The molecule has 102 valence electrons. The zero-order valence-electron chi connectivity index (χ0n) is 10.4. The molecule has 1 heterocycles. The molecule has 0 fully saturated rings. The molecule has 1 aromatic carbocycles. The van der Waals surface area contributed by atoms with Crippen molar-refractivity contribution in [1.29, 1.82) is 0 Å². The molecule has 20 heavy (non-hydrogen) atoms. The minimum absolute atomic E-state index is 0.0000116. The number of aliphatic hydroxyl groups excluding tert-OH is 1. The summed E-state index contributed by atoms with van der Waals surface area (Å²) in [7, 11) is 0. The van der Waals surface area contributed by atoms with Crippen LogP contribution in [-0.4, -0.2) is 22.8 Å². The molecule has 0 aliphatic heterocycles. The predicted octanol–water partition coefficient (Wildman–Crippen LogP) is 1.09.